The Morgan fingerprint density at radius 3 is 3.00 bits per heavy atom. The Kier molecular flexibility index (Phi) is 3.68. The van der Waals surface area contributed by atoms with Crippen molar-refractivity contribution in [2.75, 3.05) is 6.61 Å². The molecule has 0 aliphatic rings. The zero-order chi connectivity index (χ0) is 9.68. The molecule has 0 aliphatic heterocycles. The summed E-state index contributed by atoms with van der Waals surface area (Å²) in [5.74, 6) is 0.592. The highest BCUT2D eigenvalue weighted by Gasteiger charge is 2.01. The van der Waals surface area contributed by atoms with Gasteiger partial charge in [-0.15, -0.1) is 0 Å². The molecule has 0 radical (unpaired) electrons. The number of aliphatic imine (C=N–C) groups is 1. The minimum Gasteiger partial charge on any atom is -0.492 e. The Morgan fingerprint density at radius 2 is 2.38 bits per heavy atom. The van der Waals surface area contributed by atoms with Crippen molar-refractivity contribution in [1.29, 1.82) is 0 Å². The average molecular weight is 242 g/mol. The van der Waals surface area contributed by atoms with Crippen LogP contribution in [0.25, 0.3) is 0 Å². The van der Waals surface area contributed by atoms with Crippen molar-refractivity contribution in [2.45, 2.75) is 6.92 Å². The highest BCUT2D eigenvalue weighted by Crippen LogP contribution is 2.30. The molecule has 0 atom stereocenters. The Hall–Kier alpha value is -1.12. The molecule has 0 saturated carbocycles. The first-order chi connectivity index (χ1) is 6.27. The van der Waals surface area contributed by atoms with Gasteiger partial charge in [-0.3, -0.25) is 0 Å². The molecule has 0 bridgehead atoms. The number of isocyanates is 1. The van der Waals surface area contributed by atoms with Crippen LogP contribution in [0.1, 0.15) is 6.92 Å². The lowest BCUT2D eigenvalue weighted by Gasteiger charge is -2.04. The van der Waals surface area contributed by atoms with Crippen LogP contribution in [0.5, 0.6) is 5.75 Å². The van der Waals surface area contributed by atoms with Crippen LogP contribution in [0.15, 0.2) is 27.7 Å². The van der Waals surface area contributed by atoms with E-state index in [1.54, 1.807) is 12.1 Å². The summed E-state index contributed by atoms with van der Waals surface area (Å²) in [4.78, 5) is 13.6. The summed E-state index contributed by atoms with van der Waals surface area (Å²) in [5.41, 5.74) is 0.492. The highest BCUT2D eigenvalue weighted by molar-refractivity contribution is 9.10. The second-order valence-electron chi connectivity index (χ2n) is 2.25. The predicted octanol–water partition coefficient (Wildman–Crippen LogP) is 2.82. The third-order valence-electron chi connectivity index (χ3n) is 1.39. The number of hydrogen-bond donors (Lipinski definition) is 0. The van der Waals surface area contributed by atoms with Crippen molar-refractivity contribution < 1.29 is 9.53 Å². The van der Waals surface area contributed by atoms with Gasteiger partial charge in [0.05, 0.1) is 6.61 Å². The molecule has 68 valence electrons. The van der Waals surface area contributed by atoms with Crippen molar-refractivity contribution in [3.63, 3.8) is 0 Å². The molecule has 1 aromatic rings. The van der Waals surface area contributed by atoms with E-state index in [1.165, 1.54) is 6.08 Å². The van der Waals surface area contributed by atoms with E-state index in [2.05, 4.69) is 20.9 Å². The molecule has 0 saturated heterocycles. The molecule has 0 amide bonds. The second-order valence-corrected chi connectivity index (χ2v) is 3.16. The summed E-state index contributed by atoms with van der Waals surface area (Å²) in [6.07, 6.45) is 1.48. The molecule has 0 unspecified atom stereocenters. The monoisotopic (exact) mass is 241 g/mol. The average Bonchev–Trinajstić information content (AvgIpc) is 2.10. The van der Waals surface area contributed by atoms with Crippen LogP contribution in [0.2, 0.25) is 0 Å². The van der Waals surface area contributed by atoms with E-state index in [1.807, 2.05) is 13.0 Å². The molecule has 0 spiro atoms. The van der Waals surface area contributed by atoms with Crippen LogP contribution < -0.4 is 4.74 Å². The van der Waals surface area contributed by atoms with E-state index in [0.717, 1.165) is 4.47 Å². The first kappa shape index (κ1) is 9.96. The zero-order valence-electron chi connectivity index (χ0n) is 7.08. The number of rotatable bonds is 3. The third-order valence-corrected chi connectivity index (χ3v) is 1.88. The van der Waals surface area contributed by atoms with Gasteiger partial charge in [-0.2, -0.15) is 4.99 Å². The van der Waals surface area contributed by atoms with E-state index < -0.39 is 0 Å². The first-order valence-electron chi connectivity index (χ1n) is 3.78. The topological polar surface area (TPSA) is 38.7 Å². The molecule has 13 heavy (non-hydrogen) atoms. The summed E-state index contributed by atoms with van der Waals surface area (Å²) in [5, 5.41) is 0. The summed E-state index contributed by atoms with van der Waals surface area (Å²) < 4.78 is 6.10. The summed E-state index contributed by atoms with van der Waals surface area (Å²) in [6, 6.07) is 5.29. The smallest absolute Gasteiger partial charge is 0.240 e. The van der Waals surface area contributed by atoms with Gasteiger partial charge in [0.1, 0.15) is 11.4 Å². The Balaban J connectivity index is 3.10. The van der Waals surface area contributed by atoms with Crippen LogP contribution in [0.3, 0.4) is 0 Å². The van der Waals surface area contributed by atoms with Crippen LogP contribution in [-0.4, -0.2) is 12.7 Å². The van der Waals surface area contributed by atoms with E-state index in [-0.39, 0.29) is 0 Å². The fraction of sp³-hybridized carbons (Fsp3) is 0.222. The standard InChI is InChI=1S/C9H8BrNO2/c1-2-13-9-4-3-7(10)5-8(9)11-6-12/h3-5H,2H2,1H3. The van der Waals surface area contributed by atoms with Gasteiger partial charge in [-0.1, -0.05) is 15.9 Å². The van der Waals surface area contributed by atoms with Crippen LogP contribution in [-0.2, 0) is 4.79 Å². The normalized spacial score (nSPS) is 9.08. The van der Waals surface area contributed by atoms with Gasteiger partial charge in [-0.05, 0) is 25.1 Å². The maximum atomic E-state index is 10.1. The molecule has 4 heteroatoms. The lowest BCUT2D eigenvalue weighted by atomic mass is 10.3. The highest BCUT2D eigenvalue weighted by atomic mass is 79.9. The van der Waals surface area contributed by atoms with E-state index in [9.17, 15) is 4.79 Å². The lowest BCUT2D eigenvalue weighted by molar-refractivity contribution is 0.341. The van der Waals surface area contributed by atoms with Crippen molar-refractivity contribution in [2.24, 2.45) is 4.99 Å². The summed E-state index contributed by atoms with van der Waals surface area (Å²) in [7, 11) is 0. The SMILES string of the molecule is CCOc1ccc(Br)cc1N=C=O. The number of ether oxygens (including phenoxy) is 1. The van der Waals surface area contributed by atoms with Crippen molar-refractivity contribution in [1.82, 2.24) is 0 Å². The minimum absolute atomic E-state index is 0.492. The zero-order valence-corrected chi connectivity index (χ0v) is 8.67. The number of hydrogen-bond acceptors (Lipinski definition) is 3. The lowest BCUT2D eigenvalue weighted by Crippen LogP contribution is -1.91. The second kappa shape index (κ2) is 4.80. The molecule has 0 heterocycles. The molecule has 1 aromatic carbocycles. The van der Waals surface area contributed by atoms with Gasteiger partial charge in [0.15, 0.2) is 0 Å². The maximum Gasteiger partial charge on any atom is 0.240 e. The molecule has 0 fully saturated rings. The van der Waals surface area contributed by atoms with Gasteiger partial charge in [0.2, 0.25) is 6.08 Å². The van der Waals surface area contributed by atoms with Crippen molar-refractivity contribution in [3.8, 4) is 5.75 Å². The Bertz CT molecular complexity index is 345. The van der Waals surface area contributed by atoms with Gasteiger partial charge in [0, 0.05) is 4.47 Å². The molecule has 0 N–H and O–H groups in total. The van der Waals surface area contributed by atoms with Crippen molar-refractivity contribution >= 4 is 27.7 Å². The van der Waals surface area contributed by atoms with Gasteiger partial charge >= 0.3 is 0 Å². The fourth-order valence-corrected chi connectivity index (χ4v) is 1.25. The quantitative estimate of drug-likeness (QED) is 0.603. The predicted molar refractivity (Wildman–Crippen MR) is 53.1 cm³/mol. The Labute approximate surface area is 84.6 Å². The molecular weight excluding hydrogens is 234 g/mol. The van der Waals surface area contributed by atoms with Crippen LogP contribution in [0, 0.1) is 0 Å². The van der Waals surface area contributed by atoms with Gasteiger partial charge in [0.25, 0.3) is 0 Å². The first-order valence-corrected chi connectivity index (χ1v) is 4.57. The molecule has 0 aliphatic carbocycles. The number of halogens is 1. The summed E-state index contributed by atoms with van der Waals surface area (Å²) >= 11 is 3.27. The molecule has 3 nitrogen and oxygen atoms in total. The van der Waals surface area contributed by atoms with Crippen LogP contribution >= 0.6 is 15.9 Å². The third kappa shape index (κ3) is 2.68. The maximum absolute atomic E-state index is 10.1. The molecule has 1 rings (SSSR count). The van der Waals surface area contributed by atoms with E-state index in [0.29, 0.717) is 18.0 Å². The molecular formula is C9H8BrNO2. The van der Waals surface area contributed by atoms with Crippen molar-refractivity contribution in [3.05, 3.63) is 22.7 Å². The summed E-state index contributed by atoms with van der Waals surface area (Å²) in [6.45, 7) is 2.42. The van der Waals surface area contributed by atoms with Crippen LogP contribution in [0.4, 0.5) is 5.69 Å². The minimum atomic E-state index is 0.492. The van der Waals surface area contributed by atoms with E-state index >= 15 is 0 Å². The number of nitrogens with zero attached hydrogens (tertiary/aromatic N) is 1. The Morgan fingerprint density at radius 1 is 1.62 bits per heavy atom. The fourth-order valence-electron chi connectivity index (χ4n) is 0.905. The number of carbonyl (C=O) groups excluding carboxylic acids is 1. The van der Waals surface area contributed by atoms with Gasteiger partial charge < -0.3 is 4.74 Å². The van der Waals surface area contributed by atoms with E-state index in [4.69, 9.17) is 4.74 Å². The molecule has 0 aromatic heterocycles. The van der Waals surface area contributed by atoms with Gasteiger partial charge in [-0.25, -0.2) is 4.79 Å². The largest absolute Gasteiger partial charge is 0.492 e. The number of benzene rings is 1.